The van der Waals surface area contributed by atoms with Gasteiger partial charge in [-0.2, -0.15) is 0 Å². The fourth-order valence-corrected chi connectivity index (χ4v) is 2.11. The molecule has 110 valence electrons. The van der Waals surface area contributed by atoms with Crippen molar-refractivity contribution < 1.29 is 9.18 Å². The van der Waals surface area contributed by atoms with Crippen LogP contribution in [0.5, 0.6) is 0 Å². The van der Waals surface area contributed by atoms with E-state index in [2.05, 4.69) is 31.7 Å². The molecule has 1 aromatic heterocycles. The largest absolute Gasteiger partial charge is 0.321 e. The van der Waals surface area contributed by atoms with Crippen LogP contribution in [0, 0.1) is 5.82 Å². The highest BCUT2D eigenvalue weighted by Gasteiger charge is 2.11. The Morgan fingerprint density at radius 3 is 2.81 bits per heavy atom. The molecule has 1 aromatic carbocycles. The van der Waals surface area contributed by atoms with Gasteiger partial charge < -0.3 is 10.7 Å². The predicted molar refractivity (Wildman–Crippen MR) is 83.5 cm³/mol. The molecule has 1 amide bonds. The highest BCUT2D eigenvalue weighted by Crippen LogP contribution is 2.24. The van der Waals surface area contributed by atoms with Crippen molar-refractivity contribution >= 4 is 33.3 Å². The van der Waals surface area contributed by atoms with Gasteiger partial charge in [0, 0.05) is 15.7 Å². The monoisotopic (exact) mass is 352 g/mol. The smallest absolute Gasteiger partial charge is 0.255 e. The van der Waals surface area contributed by atoms with E-state index >= 15 is 0 Å². The number of carbonyl (C=O) groups is 1. The van der Waals surface area contributed by atoms with Gasteiger partial charge in [0.2, 0.25) is 0 Å². The Labute approximate surface area is 129 Å². The van der Waals surface area contributed by atoms with Gasteiger partial charge in [-0.15, -0.1) is 0 Å². The fourth-order valence-electron chi connectivity index (χ4n) is 1.76. The number of hydrazine groups is 1. The van der Waals surface area contributed by atoms with Crippen LogP contribution < -0.4 is 16.6 Å². The number of rotatable bonds is 4. The molecule has 0 saturated heterocycles. The van der Waals surface area contributed by atoms with Crippen LogP contribution in [0.1, 0.15) is 23.0 Å². The molecular formula is C14H14BrFN4O. The van der Waals surface area contributed by atoms with Crippen molar-refractivity contribution in [2.45, 2.75) is 13.3 Å². The molecule has 4 N–H and O–H groups in total. The van der Waals surface area contributed by atoms with Crippen molar-refractivity contribution in [3.8, 4) is 0 Å². The number of benzene rings is 1. The van der Waals surface area contributed by atoms with E-state index in [0.29, 0.717) is 28.0 Å². The first-order chi connectivity index (χ1) is 10.0. The third kappa shape index (κ3) is 3.77. The Morgan fingerprint density at radius 1 is 1.38 bits per heavy atom. The minimum atomic E-state index is -0.429. The van der Waals surface area contributed by atoms with E-state index in [1.54, 1.807) is 6.07 Å². The van der Waals surface area contributed by atoms with E-state index in [0.717, 1.165) is 5.69 Å². The number of nitrogens with one attached hydrogen (secondary N) is 2. The van der Waals surface area contributed by atoms with Crippen LogP contribution >= 0.6 is 15.9 Å². The average Bonchev–Trinajstić information content (AvgIpc) is 2.50. The standard InChI is InChI=1S/C14H14BrFN4O/c1-2-10-5-8(6-13(18-10)20-17)14(21)19-12-7-9(16)3-4-11(12)15/h3-7H,2,17H2,1H3,(H,18,20)(H,19,21). The molecule has 0 saturated carbocycles. The van der Waals surface area contributed by atoms with Crippen LogP contribution in [0.3, 0.4) is 0 Å². The van der Waals surface area contributed by atoms with Gasteiger partial charge in [0.15, 0.2) is 0 Å². The second-order valence-corrected chi connectivity index (χ2v) is 5.16. The lowest BCUT2D eigenvalue weighted by Crippen LogP contribution is -2.16. The van der Waals surface area contributed by atoms with Gasteiger partial charge in [0.25, 0.3) is 5.91 Å². The molecule has 0 unspecified atom stereocenters. The van der Waals surface area contributed by atoms with Gasteiger partial charge in [-0.25, -0.2) is 15.2 Å². The number of hydrogen-bond donors (Lipinski definition) is 3. The molecule has 0 spiro atoms. The molecular weight excluding hydrogens is 339 g/mol. The number of anilines is 2. The topological polar surface area (TPSA) is 80.0 Å². The number of nitrogens with zero attached hydrogens (tertiary/aromatic N) is 1. The predicted octanol–water partition coefficient (Wildman–Crippen LogP) is 3.08. The van der Waals surface area contributed by atoms with Crippen LogP contribution in [-0.4, -0.2) is 10.9 Å². The van der Waals surface area contributed by atoms with Gasteiger partial charge >= 0.3 is 0 Å². The van der Waals surface area contributed by atoms with Gasteiger partial charge in [-0.3, -0.25) is 4.79 Å². The van der Waals surface area contributed by atoms with Crippen LogP contribution in [0.2, 0.25) is 0 Å². The number of amides is 1. The van der Waals surface area contributed by atoms with Crippen LogP contribution in [0.15, 0.2) is 34.8 Å². The summed E-state index contributed by atoms with van der Waals surface area (Å²) in [5, 5.41) is 2.65. The summed E-state index contributed by atoms with van der Waals surface area (Å²) in [4.78, 5) is 16.5. The Balaban J connectivity index is 2.29. The summed E-state index contributed by atoms with van der Waals surface area (Å²) < 4.78 is 13.8. The molecule has 2 rings (SSSR count). The van der Waals surface area contributed by atoms with E-state index in [1.807, 2.05) is 6.92 Å². The molecule has 21 heavy (non-hydrogen) atoms. The highest BCUT2D eigenvalue weighted by molar-refractivity contribution is 9.10. The third-order valence-electron chi connectivity index (χ3n) is 2.83. The SMILES string of the molecule is CCc1cc(C(=O)Nc2cc(F)ccc2Br)cc(NN)n1. The number of nitrogen functional groups attached to an aromatic ring is 1. The molecule has 7 heteroatoms. The lowest BCUT2D eigenvalue weighted by molar-refractivity contribution is 0.102. The fraction of sp³-hybridized carbons (Fsp3) is 0.143. The summed E-state index contributed by atoms with van der Waals surface area (Å²) in [5.74, 6) is 4.94. The number of hydrogen-bond acceptors (Lipinski definition) is 4. The zero-order chi connectivity index (χ0) is 15.4. The lowest BCUT2D eigenvalue weighted by Gasteiger charge is -2.10. The number of pyridine rings is 1. The summed E-state index contributed by atoms with van der Waals surface area (Å²) in [5.41, 5.74) is 3.90. The minimum Gasteiger partial charge on any atom is -0.321 e. The third-order valence-corrected chi connectivity index (χ3v) is 3.52. The number of halogens is 2. The zero-order valence-electron chi connectivity index (χ0n) is 11.3. The molecule has 0 aliphatic heterocycles. The molecule has 0 bridgehead atoms. The molecule has 2 aromatic rings. The number of aryl methyl sites for hydroxylation is 1. The maximum atomic E-state index is 13.2. The van der Waals surface area contributed by atoms with Crippen molar-refractivity contribution in [1.82, 2.24) is 4.98 Å². The van der Waals surface area contributed by atoms with E-state index in [-0.39, 0.29) is 5.91 Å². The second-order valence-electron chi connectivity index (χ2n) is 4.31. The van der Waals surface area contributed by atoms with Crippen molar-refractivity contribution in [1.29, 1.82) is 0 Å². The summed E-state index contributed by atoms with van der Waals surface area (Å²) in [7, 11) is 0. The maximum Gasteiger partial charge on any atom is 0.255 e. The molecule has 0 radical (unpaired) electrons. The van der Waals surface area contributed by atoms with E-state index in [4.69, 9.17) is 5.84 Å². The number of nitrogens with two attached hydrogens (primary N) is 1. The van der Waals surface area contributed by atoms with Crippen LogP contribution in [0.4, 0.5) is 15.9 Å². The van der Waals surface area contributed by atoms with Crippen molar-refractivity contribution in [2.75, 3.05) is 10.7 Å². The van der Waals surface area contributed by atoms with Crippen molar-refractivity contribution in [3.05, 3.63) is 51.9 Å². The summed E-state index contributed by atoms with van der Waals surface area (Å²) in [6.45, 7) is 1.92. The highest BCUT2D eigenvalue weighted by atomic mass is 79.9. The van der Waals surface area contributed by atoms with Crippen molar-refractivity contribution in [3.63, 3.8) is 0 Å². The average molecular weight is 353 g/mol. The first-order valence-electron chi connectivity index (χ1n) is 6.27. The summed E-state index contributed by atoms with van der Waals surface area (Å²) in [6, 6.07) is 7.27. The number of carbonyl (C=O) groups excluding carboxylic acids is 1. The van der Waals surface area contributed by atoms with Crippen molar-refractivity contribution in [2.24, 2.45) is 5.84 Å². The maximum absolute atomic E-state index is 13.2. The quantitative estimate of drug-likeness (QED) is 0.583. The number of aromatic nitrogens is 1. The molecule has 0 fully saturated rings. The van der Waals surface area contributed by atoms with E-state index in [9.17, 15) is 9.18 Å². The van der Waals surface area contributed by atoms with Crippen LogP contribution in [0.25, 0.3) is 0 Å². The molecule has 0 aliphatic rings. The summed E-state index contributed by atoms with van der Waals surface area (Å²) >= 11 is 3.26. The Morgan fingerprint density at radius 2 is 2.14 bits per heavy atom. The van der Waals surface area contributed by atoms with Gasteiger partial charge in [-0.05, 0) is 52.7 Å². The summed E-state index contributed by atoms with van der Waals surface area (Å²) in [6.07, 6.45) is 0.666. The van der Waals surface area contributed by atoms with Gasteiger partial charge in [-0.1, -0.05) is 6.92 Å². The first kappa shape index (κ1) is 15.4. The Bertz CT molecular complexity index is 656. The molecule has 1 heterocycles. The van der Waals surface area contributed by atoms with Crippen LogP contribution in [-0.2, 0) is 6.42 Å². The Kier molecular flexibility index (Phi) is 4.87. The first-order valence-corrected chi connectivity index (χ1v) is 7.06. The zero-order valence-corrected chi connectivity index (χ0v) is 12.9. The Hall–Kier alpha value is -1.99. The second kappa shape index (κ2) is 6.64. The normalized spacial score (nSPS) is 10.3. The molecule has 5 nitrogen and oxygen atoms in total. The van der Waals surface area contributed by atoms with Gasteiger partial charge in [0.05, 0.1) is 5.69 Å². The van der Waals surface area contributed by atoms with E-state index in [1.165, 1.54) is 24.3 Å². The van der Waals surface area contributed by atoms with E-state index < -0.39 is 5.82 Å². The minimum absolute atomic E-state index is 0.358. The van der Waals surface area contributed by atoms with Gasteiger partial charge in [0.1, 0.15) is 11.6 Å². The lowest BCUT2D eigenvalue weighted by atomic mass is 10.1. The molecule has 0 aliphatic carbocycles. The molecule has 0 atom stereocenters.